The molecule has 0 aromatic heterocycles. The molecule has 0 unspecified atom stereocenters. The highest BCUT2D eigenvalue weighted by Gasteiger charge is 2.28. The molecule has 2 nitrogen and oxygen atoms in total. The quantitative estimate of drug-likeness (QED) is 0.731. The maximum atomic E-state index is 3.57. The van der Waals surface area contributed by atoms with Crippen LogP contribution in [-0.2, 0) is 0 Å². The molecule has 0 saturated heterocycles. The zero-order valence-corrected chi connectivity index (χ0v) is 14.2. The second kappa shape index (κ2) is 7.08. The van der Waals surface area contributed by atoms with Gasteiger partial charge in [-0.3, -0.25) is 0 Å². The first kappa shape index (κ1) is 17.0. The molecule has 19 heavy (non-hydrogen) atoms. The molecule has 0 aliphatic heterocycles. The van der Waals surface area contributed by atoms with Crippen molar-refractivity contribution in [2.75, 3.05) is 20.1 Å². The molecule has 1 rings (SSSR count). The van der Waals surface area contributed by atoms with Crippen molar-refractivity contribution in [3.63, 3.8) is 0 Å². The Hall–Kier alpha value is -0.0800. The van der Waals surface area contributed by atoms with E-state index in [0.717, 1.165) is 12.6 Å². The molecule has 114 valence electrons. The summed E-state index contributed by atoms with van der Waals surface area (Å²) >= 11 is 0. The summed E-state index contributed by atoms with van der Waals surface area (Å²) in [6, 6.07) is 0.837. The number of hydrogen-bond acceptors (Lipinski definition) is 2. The van der Waals surface area contributed by atoms with Crippen molar-refractivity contribution in [3.8, 4) is 0 Å². The van der Waals surface area contributed by atoms with Crippen LogP contribution >= 0.6 is 0 Å². The highest BCUT2D eigenvalue weighted by atomic mass is 15.1. The molecule has 0 aromatic rings. The molecule has 0 bridgehead atoms. The highest BCUT2D eigenvalue weighted by molar-refractivity contribution is 4.82. The van der Waals surface area contributed by atoms with Gasteiger partial charge in [0.2, 0.25) is 0 Å². The Morgan fingerprint density at radius 2 is 1.68 bits per heavy atom. The van der Waals surface area contributed by atoms with Crippen LogP contribution in [0.4, 0.5) is 0 Å². The third-order valence-corrected chi connectivity index (χ3v) is 4.52. The minimum absolute atomic E-state index is 0.265. The van der Waals surface area contributed by atoms with E-state index in [9.17, 15) is 0 Å². The van der Waals surface area contributed by atoms with Crippen molar-refractivity contribution in [1.29, 1.82) is 0 Å². The topological polar surface area (TPSA) is 15.3 Å². The first-order chi connectivity index (χ1) is 8.70. The van der Waals surface area contributed by atoms with E-state index in [1.807, 2.05) is 0 Å². The summed E-state index contributed by atoms with van der Waals surface area (Å²) in [6.45, 7) is 14.0. The van der Waals surface area contributed by atoms with E-state index < -0.39 is 0 Å². The summed E-state index contributed by atoms with van der Waals surface area (Å²) in [7, 11) is 2.32. The van der Waals surface area contributed by atoms with Gasteiger partial charge < -0.3 is 10.2 Å². The largest absolute Gasteiger partial charge is 0.312 e. The van der Waals surface area contributed by atoms with Crippen LogP contribution in [0.2, 0.25) is 0 Å². The van der Waals surface area contributed by atoms with Gasteiger partial charge in [0.15, 0.2) is 0 Å². The van der Waals surface area contributed by atoms with E-state index in [4.69, 9.17) is 0 Å². The van der Waals surface area contributed by atoms with Crippen LogP contribution in [0.15, 0.2) is 0 Å². The molecule has 0 heterocycles. The van der Waals surface area contributed by atoms with E-state index in [1.165, 1.54) is 45.1 Å². The van der Waals surface area contributed by atoms with Crippen molar-refractivity contribution in [1.82, 2.24) is 10.2 Å². The van der Waals surface area contributed by atoms with E-state index in [2.05, 4.69) is 51.9 Å². The Labute approximate surface area is 121 Å². The summed E-state index contributed by atoms with van der Waals surface area (Å²) in [5, 5.41) is 3.57. The average molecular weight is 268 g/mol. The second-order valence-corrected chi connectivity index (χ2v) is 8.26. The van der Waals surface area contributed by atoms with Crippen LogP contribution in [0, 0.1) is 5.41 Å². The number of unbranched alkanes of at least 4 members (excludes halogenated alkanes) is 1. The van der Waals surface area contributed by atoms with Gasteiger partial charge in [-0.2, -0.15) is 0 Å². The summed E-state index contributed by atoms with van der Waals surface area (Å²) in [6.07, 6.45) is 8.19. The standard InChI is InChI=1S/C17H36N2/c1-16(2,3)18-13-7-8-14-19(6)15-9-11-17(4,5)12-10-15/h15,18H,7-14H2,1-6H3. The number of nitrogens with zero attached hydrogens (tertiary/aromatic N) is 1. The van der Waals surface area contributed by atoms with Gasteiger partial charge in [-0.25, -0.2) is 0 Å². The minimum Gasteiger partial charge on any atom is -0.312 e. The molecule has 1 saturated carbocycles. The smallest absolute Gasteiger partial charge is 0.00965 e. The lowest BCUT2D eigenvalue weighted by atomic mass is 9.75. The molecule has 1 fully saturated rings. The van der Waals surface area contributed by atoms with Crippen LogP contribution in [-0.4, -0.2) is 36.6 Å². The van der Waals surface area contributed by atoms with Gasteiger partial charge in [0, 0.05) is 11.6 Å². The molecule has 0 aromatic carbocycles. The SMILES string of the molecule is CN(CCCCNC(C)(C)C)C1CCC(C)(C)CC1. The number of hydrogen-bond donors (Lipinski definition) is 1. The normalized spacial score (nSPS) is 21.0. The first-order valence-corrected chi connectivity index (χ1v) is 8.15. The van der Waals surface area contributed by atoms with Gasteiger partial charge in [-0.15, -0.1) is 0 Å². The summed E-state index contributed by atoms with van der Waals surface area (Å²) < 4.78 is 0. The lowest BCUT2D eigenvalue weighted by Gasteiger charge is -2.38. The van der Waals surface area contributed by atoms with E-state index in [0.29, 0.717) is 5.41 Å². The minimum atomic E-state index is 0.265. The summed E-state index contributed by atoms with van der Waals surface area (Å²) in [5.41, 5.74) is 0.856. The Morgan fingerprint density at radius 1 is 1.11 bits per heavy atom. The van der Waals surface area contributed by atoms with Gasteiger partial charge in [0.05, 0.1) is 0 Å². The van der Waals surface area contributed by atoms with Gasteiger partial charge in [0.25, 0.3) is 0 Å². The van der Waals surface area contributed by atoms with Gasteiger partial charge in [-0.05, 0) is 84.8 Å². The van der Waals surface area contributed by atoms with E-state index in [-0.39, 0.29) is 5.54 Å². The molecule has 0 spiro atoms. The zero-order valence-electron chi connectivity index (χ0n) is 14.2. The fourth-order valence-corrected chi connectivity index (χ4v) is 2.96. The van der Waals surface area contributed by atoms with Crippen molar-refractivity contribution in [2.24, 2.45) is 5.41 Å². The van der Waals surface area contributed by atoms with Crippen molar-refractivity contribution >= 4 is 0 Å². The summed E-state index contributed by atoms with van der Waals surface area (Å²) in [4.78, 5) is 2.60. The predicted octanol–water partition coefficient (Wildman–Crippen LogP) is 4.06. The molecule has 1 aliphatic rings. The molecule has 0 atom stereocenters. The van der Waals surface area contributed by atoms with Gasteiger partial charge in [0.1, 0.15) is 0 Å². The van der Waals surface area contributed by atoms with Crippen molar-refractivity contribution in [3.05, 3.63) is 0 Å². The lowest BCUT2D eigenvalue weighted by molar-refractivity contribution is 0.126. The summed E-state index contributed by atoms with van der Waals surface area (Å²) in [5.74, 6) is 0. The van der Waals surface area contributed by atoms with Crippen molar-refractivity contribution in [2.45, 2.75) is 84.7 Å². The van der Waals surface area contributed by atoms with Crippen LogP contribution in [0.5, 0.6) is 0 Å². The van der Waals surface area contributed by atoms with E-state index >= 15 is 0 Å². The molecule has 1 aliphatic carbocycles. The van der Waals surface area contributed by atoms with E-state index in [1.54, 1.807) is 0 Å². The van der Waals surface area contributed by atoms with Crippen molar-refractivity contribution < 1.29 is 0 Å². The first-order valence-electron chi connectivity index (χ1n) is 8.15. The molecule has 0 radical (unpaired) electrons. The van der Waals surface area contributed by atoms with Gasteiger partial charge >= 0.3 is 0 Å². The number of rotatable bonds is 6. The van der Waals surface area contributed by atoms with Crippen LogP contribution in [0.3, 0.4) is 0 Å². The fourth-order valence-electron chi connectivity index (χ4n) is 2.96. The maximum absolute atomic E-state index is 3.57. The van der Waals surface area contributed by atoms with Crippen LogP contribution < -0.4 is 5.32 Å². The zero-order chi connectivity index (χ0) is 14.5. The van der Waals surface area contributed by atoms with Crippen LogP contribution in [0.25, 0.3) is 0 Å². The maximum Gasteiger partial charge on any atom is 0.00965 e. The fraction of sp³-hybridized carbons (Fsp3) is 1.00. The number of nitrogens with one attached hydrogen (secondary N) is 1. The third kappa shape index (κ3) is 7.31. The molecule has 1 N–H and O–H groups in total. The molecule has 0 amide bonds. The molecule has 2 heteroatoms. The Balaban J connectivity index is 2.10. The second-order valence-electron chi connectivity index (χ2n) is 8.26. The van der Waals surface area contributed by atoms with Crippen LogP contribution in [0.1, 0.15) is 73.1 Å². The third-order valence-electron chi connectivity index (χ3n) is 4.52. The predicted molar refractivity (Wildman–Crippen MR) is 85.7 cm³/mol. The average Bonchev–Trinajstić information content (AvgIpc) is 2.26. The molecular weight excluding hydrogens is 232 g/mol. The Morgan fingerprint density at radius 3 is 2.21 bits per heavy atom. The highest BCUT2D eigenvalue weighted by Crippen LogP contribution is 2.36. The lowest BCUT2D eigenvalue weighted by Crippen LogP contribution is -2.38. The Kier molecular flexibility index (Phi) is 6.32. The monoisotopic (exact) mass is 268 g/mol. The Bertz CT molecular complexity index is 242. The molecular formula is C17H36N2. The van der Waals surface area contributed by atoms with Gasteiger partial charge in [-0.1, -0.05) is 13.8 Å².